The quantitative estimate of drug-likeness (QED) is 0.180. The number of benzene rings is 3. The van der Waals surface area contributed by atoms with E-state index in [0.29, 0.717) is 44.6 Å². The molecule has 3 aromatic carbocycles. The molecule has 0 spiro atoms. The van der Waals surface area contributed by atoms with Crippen molar-refractivity contribution in [1.82, 2.24) is 15.1 Å². The minimum atomic E-state index is 0.459. The molecule has 0 atom stereocenters. The van der Waals surface area contributed by atoms with E-state index < -0.39 is 0 Å². The van der Waals surface area contributed by atoms with Crippen molar-refractivity contribution < 1.29 is 14.2 Å². The number of halogens is 1. The van der Waals surface area contributed by atoms with Crippen LogP contribution in [0.1, 0.15) is 48.9 Å². The predicted molar refractivity (Wildman–Crippen MR) is 159 cm³/mol. The van der Waals surface area contributed by atoms with Crippen LogP contribution in [0.5, 0.6) is 17.2 Å². The van der Waals surface area contributed by atoms with E-state index in [4.69, 9.17) is 25.8 Å². The second-order valence-corrected chi connectivity index (χ2v) is 10.3. The van der Waals surface area contributed by atoms with Gasteiger partial charge in [0.25, 0.3) is 0 Å². The van der Waals surface area contributed by atoms with Crippen molar-refractivity contribution in [2.75, 3.05) is 19.8 Å². The number of aromatic nitrogens is 2. The Morgan fingerprint density at radius 2 is 1.57 bits per heavy atom. The zero-order chi connectivity index (χ0) is 27.7. The molecule has 1 aliphatic rings. The summed E-state index contributed by atoms with van der Waals surface area (Å²) < 4.78 is 17.4. The normalized spacial score (nSPS) is 12.5. The van der Waals surface area contributed by atoms with Crippen LogP contribution < -0.4 is 14.2 Å². The van der Waals surface area contributed by atoms with Gasteiger partial charge in [-0.1, -0.05) is 73.5 Å². The highest BCUT2D eigenvalue weighted by Crippen LogP contribution is 2.33. The third kappa shape index (κ3) is 6.93. The molecular formula is C33H36ClN3O3. The summed E-state index contributed by atoms with van der Waals surface area (Å²) in [6, 6.07) is 24.7. The van der Waals surface area contributed by atoms with Crippen LogP contribution in [0, 0.1) is 0 Å². The molecule has 2 heterocycles. The number of fused-ring (bicyclic) bond motifs is 1. The highest BCUT2D eigenvalue weighted by Gasteiger charge is 2.21. The lowest BCUT2D eigenvalue weighted by Gasteiger charge is -2.26. The maximum atomic E-state index is 6.82. The molecule has 0 fully saturated rings. The molecule has 4 aromatic rings. The van der Waals surface area contributed by atoms with Crippen LogP contribution in [0.3, 0.4) is 0 Å². The van der Waals surface area contributed by atoms with Gasteiger partial charge in [0.2, 0.25) is 0 Å². The van der Waals surface area contributed by atoms with Gasteiger partial charge in [-0.3, -0.25) is 4.90 Å². The lowest BCUT2D eigenvalue weighted by Crippen LogP contribution is -2.24. The Morgan fingerprint density at radius 3 is 2.35 bits per heavy atom. The fraction of sp³-hybridized carbons (Fsp3) is 0.333. The Labute approximate surface area is 241 Å². The molecule has 1 aliphatic heterocycles. The Hall–Kier alpha value is -3.61. The van der Waals surface area contributed by atoms with E-state index in [1.165, 1.54) is 11.1 Å². The maximum absolute atomic E-state index is 6.82. The molecule has 6 nitrogen and oxygen atoms in total. The second-order valence-electron chi connectivity index (χ2n) is 9.97. The number of hydrogen-bond acceptors (Lipinski definition) is 6. The summed E-state index contributed by atoms with van der Waals surface area (Å²) in [7, 11) is 0. The molecular weight excluding hydrogens is 522 g/mol. The van der Waals surface area contributed by atoms with E-state index >= 15 is 0 Å². The van der Waals surface area contributed by atoms with Crippen molar-refractivity contribution in [1.29, 1.82) is 0 Å². The van der Waals surface area contributed by atoms with Crippen LogP contribution in [-0.4, -0.2) is 34.9 Å². The van der Waals surface area contributed by atoms with Gasteiger partial charge in [-0.15, -0.1) is 10.2 Å². The van der Waals surface area contributed by atoms with Gasteiger partial charge < -0.3 is 14.2 Å². The molecule has 40 heavy (non-hydrogen) atoms. The number of ether oxygens (including phenoxy) is 3. The summed E-state index contributed by atoms with van der Waals surface area (Å²) >= 11 is 6.82. The molecule has 0 aliphatic carbocycles. The number of unbranched alkanes of at least 4 members (excludes halogenated alkanes) is 1. The van der Waals surface area contributed by atoms with Gasteiger partial charge in [-0.25, -0.2) is 0 Å². The smallest absolute Gasteiger partial charge is 0.161 e. The first-order valence-electron chi connectivity index (χ1n) is 14.1. The highest BCUT2D eigenvalue weighted by atomic mass is 35.5. The van der Waals surface area contributed by atoms with E-state index in [2.05, 4.69) is 58.4 Å². The Bertz CT molecular complexity index is 1410. The lowest BCUT2D eigenvalue weighted by atomic mass is 9.97. The van der Waals surface area contributed by atoms with Crippen molar-refractivity contribution in [3.05, 3.63) is 100 Å². The minimum Gasteiger partial charge on any atom is -0.494 e. The zero-order valence-electron chi connectivity index (χ0n) is 23.2. The van der Waals surface area contributed by atoms with Crippen LogP contribution in [0.25, 0.3) is 11.3 Å². The minimum absolute atomic E-state index is 0.459. The first-order valence-corrected chi connectivity index (χ1v) is 14.4. The second kappa shape index (κ2) is 13.6. The average Bonchev–Trinajstić information content (AvgIpc) is 2.98. The predicted octanol–water partition coefficient (Wildman–Crippen LogP) is 7.51. The average molecular weight is 558 g/mol. The van der Waals surface area contributed by atoms with Crippen LogP contribution >= 0.6 is 11.6 Å². The summed E-state index contributed by atoms with van der Waals surface area (Å²) in [6.07, 6.45) is 3.02. The summed E-state index contributed by atoms with van der Waals surface area (Å²) in [4.78, 5) is 2.39. The molecule has 0 radical (unpaired) electrons. The molecule has 0 unspecified atom stereocenters. The summed E-state index contributed by atoms with van der Waals surface area (Å²) in [5, 5.41) is 9.45. The van der Waals surface area contributed by atoms with Gasteiger partial charge in [0, 0.05) is 30.8 Å². The molecule has 5 rings (SSSR count). The standard InChI is InChI=1S/C33H36ClN3O3/c1-3-5-14-28-29(33(34)36-35-32(28)26-11-7-6-8-12-26)23-37(21-24-10-9-13-27(19-24)38-4-2)22-25-15-16-30-31(20-25)40-18-17-39-30/h6-13,15-16,19-20H,3-5,14,17-18,21-23H2,1-2H3. The maximum Gasteiger partial charge on any atom is 0.161 e. The first-order chi connectivity index (χ1) is 19.6. The SMILES string of the molecule is CCCCc1c(-c2ccccc2)nnc(Cl)c1CN(Cc1cccc(OCC)c1)Cc1ccc2c(c1)OCCO2. The van der Waals surface area contributed by atoms with E-state index in [-0.39, 0.29) is 0 Å². The molecule has 0 bridgehead atoms. The van der Waals surface area contributed by atoms with Gasteiger partial charge in [0.15, 0.2) is 16.7 Å². The summed E-state index contributed by atoms with van der Waals surface area (Å²) in [6.45, 7) is 8.01. The van der Waals surface area contributed by atoms with Gasteiger partial charge in [-0.05, 0) is 60.7 Å². The zero-order valence-corrected chi connectivity index (χ0v) is 24.0. The fourth-order valence-corrected chi connectivity index (χ4v) is 5.30. The third-order valence-electron chi connectivity index (χ3n) is 6.97. The molecule has 0 amide bonds. The molecule has 208 valence electrons. The number of hydrogen-bond donors (Lipinski definition) is 0. The van der Waals surface area contributed by atoms with Crippen molar-refractivity contribution in [2.24, 2.45) is 0 Å². The van der Waals surface area contributed by atoms with Gasteiger partial charge in [0.05, 0.1) is 12.3 Å². The third-order valence-corrected chi connectivity index (χ3v) is 7.28. The lowest BCUT2D eigenvalue weighted by molar-refractivity contribution is 0.171. The summed E-state index contributed by atoms with van der Waals surface area (Å²) in [5.74, 6) is 2.46. The van der Waals surface area contributed by atoms with E-state index in [1.807, 2.05) is 43.3 Å². The summed E-state index contributed by atoms with van der Waals surface area (Å²) in [5.41, 5.74) is 6.47. The monoisotopic (exact) mass is 557 g/mol. The first kappa shape index (κ1) is 27.9. The Balaban J connectivity index is 1.51. The fourth-order valence-electron chi connectivity index (χ4n) is 5.09. The van der Waals surface area contributed by atoms with Gasteiger partial charge in [0.1, 0.15) is 19.0 Å². The van der Waals surface area contributed by atoms with E-state index in [0.717, 1.165) is 58.9 Å². The van der Waals surface area contributed by atoms with Crippen LogP contribution in [0.4, 0.5) is 0 Å². The number of rotatable bonds is 12. The van der Waals surface area contributed by atoms with E-state index in [9.17, 15) is 0 Å². The van der Waals surface area contributed by atoms with Crippen molar-refractivity contribution in [2.45, 2.75) is 52.7 Å². The molecule has 0 saturated carbocycles. The van der Waals surface area contributed by atoms with Crippen molar-refractivity contribution in [3.63, 3.8) is 0 Å². The van der Waals surface area contributed by atoms with E-state index in [1.54, 1.807) is 0 Å². The molecule has 0 N–H and O–H groups in total. The topological polar surface area (TPSA) is 56.7 Å². The Kier molecular flexibility index (Phi) is 9.53. The highest BCUT2D eigenvalue weighted by molar-refractivity contribution is 6.30. The van der Waals surface area contributed by atoms with Gasteiger partial charge in [-0.2, -0.15) is 0 Å². The van der Waals surface area contributed by atoms with Crippen LogP contribution in [0.2, 0.25) is 5.15 Å². The molecule has 7 heteroatoms. The largest absolute Gasteiger partial charge is 0.494 e. The van der Waals surface area contributed by atoms with Crippen LogP contribution in [-0.2, 0) is 26.1 Å². The van der Waals surface area contributed by atoms with Gasteiger partial charge >= 0.3 is 0 Å². The van der Waals surface area contributed by atoms with Crippen molar-refractivity contribution in [3.8, 4) is 28.5 Å². The number of nitrogens with zero attached hydrogens (tertiary/aromatic N) is 3. The molecule has 0 saturated heterocycles. The Morgan fingerprint density at radius 1 is 0.800 bits per heavy atom. The van der Waals surface area contributed by atoms with Crippen molar-refractivity contribution >= 4 is 11.6 Å². The van der Waals surface area contributed by atoms with Crippen LogP contribution in [0.15, 0.2) is 72.8 Å². The molecule has 1 aromatic heterocycles.